The van der Waals surface area contributed by atoms with Gasteiger partial charge in [0.1, 0.15) is 5.75 Å². The van der Waals surface area contributed by atoms with E-state index in [0.717, 1.165) is 37.7 Å². The molecule has 0 aliphatic heterocycles. The summed E-state index contributed by atoms with van der Waals surface area (Å²) in [6.45, 7) is 2.11. The molecule has 1 saturated carbocycles. The third-order valence-electron chi connectivity index (χ3n) is 4.75. The summed E-state index contributed by atoms with van der Waals surface area (Å²) in [5, 5.41) is 11.7. The SMILES string of the molecule is O=C(O)CCNCCc1cccc(OCCCC2CCCCC2)c1. The van der Waals surface area contributed by atoms with Gasteiger partial charge < -0.3 is 15.2 Å². The lowest BCUT2D eigenvalue weighted by Gasteiger charge is -2.21. The van der Waals surface area contributed by atoms with Crippen LogP contribution < -0.4 is 10.1 Å². The van der Waals surface area contributed by atoms with E-state index in [-0.39, 0.29) is 6.42 Å². The fourth-order valence-electron chi connectivity index (χ4n) is 3.38. The number of hydrogen-bond donors (Lipinski definition) is 2. The first kappa shape index (κ1) is 18.8. The summed E-state index contributed by atoms with van der Waals surface area (Å²) in [4.78, 5) is 10.4. The minimum atomic E-state index is -0.758. The van der Waals surface area contributed by atoms with E-state index in [0.29, 0.717) is 6.54 Å². The summed E-state index contributed by atoms with van der Waals surface area (Å²) < 4.78 is 5.90. The van der Waals surface area contributed by atoms with Crippen LogP contribution in [0.4, 0.5) is 0 Å². The molecule has 0 unspecified atom stereocenters. The molecule has 4 heteroatoms. The summed E-state index contributed by atoms with van der Waals surface area (Å²) in [6, 6.07) is 8.23. The molecule has 1 aromatic rings. The molecule has 2 rings (SSSR count). The zero-order chi connectivity index (χ0) is 17.0. The van der Waals surface area contributed by atoms with E-state index in [9.17, 15) is 4.79 Å². The average Bonchev–Trinajstić information content (AvgIpc) is 2.59. The zero-order valence-corrected chi connectivity index (χ0v) is 14.6. The van der Waals surface area contributed by atoms with E-state index in [2.05, 4.69) is 17.4 Å². The average molecular weight is 333 g/mol. The molecule has 1 aliphatic carbocycles. The van der Waals surface area contributed by atoms with Crippen molar-refractivity contribution in [1.82, 2.24) is 5.32 Å². The van der Waals surface area contributed by atoms with Crippen molar-refractivity contribution in [1.29, 1.82) is 0 Å². The largest absolute Gasteiger partial charge is 0.494 e. The van der Waals surface area contributed by atoms with Crippen molar-refractivity contribution in [2.75, 3.05) is 19.7 Å². The van der Waals surface area contributed by atoms with Crippen LogP contribution in [0.3, 0.4) is 0 Å². The first-order valence-electron chi connectivity index (χ1n) is 9.38. The van der Waals surface area contributed by atoms with Crippen LogP contribution in [0.25, 0.3) is 0 Å². The van der Waals surface area contributed by atoms with E-state index in [1.165, 1.54) is 44.1 Å². The quantitative estimate of drug-likeness (QED) is 0.600. The Balaban J connectivity index is 1.60. The first-order chi connectivity index (χ1) is 11.7. The van der Waals surface area contributed by atoms with Gasteiger partial charge in [-0.05, 0) is 49.4 Å². The van der Waals surface area contributed by atoms with Gasteiger partial charge in [-0.25, -0.2) is 0 Å². The molecule has 0 spiro atoms. The van der Waals surface area contributed by atoms with E-state index in [4.69, 9.17) is 9.84 Å². The smallest absolute Gasteiger partial charge is 0.304 e. The molecular weight excluding hydrogens is 302 g/mol. The summed E-state index contributed by atoms with van der Waals surface area (Å²) >= 11 is 0. The van der Waals surface area contributed by atoms with Crippen molar-refractivity contribution in [3.63, 3.8) is 0 Å². The van der Waals surface area contributed by atoms with E-state index < -0.39 is 5.97 Å². The highest BCUT2D eigenvalue weighted by atomic mass is 16.5. The van der Waals surface area contributed by atoms with Gasteiger partial charge in [0.25, 0.3) is 0 Å². The normalized spacial score (nSPS) is 15.3. The maximum absolute atomic E-state index is 10.4. The molecule has 2 N–H and O–H groups in total. The summed E-state index contributed by atoms with van der Waals surface area (Å²) in [7, 11) is 0. The van der Waals surface area contributed by atoms with Crippen molar-refractivity contribution < 1.29 is 14.6 Å². The Bertz CT molecular complexity index is 484. The number of benzene rings is 1. The molecule has 0 bridgehead atoms. The van der Waals surface area contributed by atoms with Crippen molar-refractivity contribution in [3.05, 3.63) is 29.8 Å². The van der Waals surface area contributed by atoms with Crippen LogP contribution in [-0.2, 0) is 11.2 Å². The topological polar surface area (TPSA) is 58.6 Å². The molecule has 24 heavy (non-hydrogen) atoms. The minimum Gasteiger partial charge on any atom is -0.494 e. The number of rotatable bonds is 11. The van der Waals surface area contributed by atoms with Gasteiger partial charge in [0.15, 0.2) is 0 Å². The molecule has 0 heterocycles. The number of carboxylic acid groups (broad SMARTS) is 1. The predicted octanol–water partition coefficient (Wildman–Crippen LogP) is 4.03. The molecule has 0 saturated heterocycles. The minimum absolute atomic E-state index is 0.171. The summed E-state index contributed by atoms with van der Waals surface area (Å²) in [6.07, 6.45) is 10.6. The van der Waals surface area contributed by atoms with Crippen LogP contribution in [0, 0.1) is 5.92 Å². The maximum Gasteiger partial charge on any atom is 0.304 e. The Morgan fingerprint density at radius 1 is 1.21 bits per heavy atom. The fraction of sp³-hybridized carbons (Fsp3) is 0.650. The monoisotopic (exact) mass is 333 g/mol. The molecule has 1 aliphatic rings. The third-order valence-corrected chi connectivity index (χ3v) is 4.75. The van der Waals surface area contributed by atoms with Gasteiger partial charge in [0, 0.05) is 6.54 Å². The highest BCUT2D eigenvalue weighted by molar-refractivity contribution is 5.66. The van der Waals surface area contributed by atoms with Crippen LogP contribution in [0.1, 0.15) is 56.9 Å². The zero-order valence-electron chi connectivity index (χ0n) is 14.6. The maximum atomic E-state index is 10.4. The number of carboxylic acids is 1. The van der Waals surface area contributed by atoms with Gasteiger partial charge in [0.05, 0.1) is 13.0 Å². The van der Waals surface area contributed by atoms with Gasteiger partial charge in [-0.3, -0.25) is 4.79 Å². The Kier molecular flexibility index (Phi) is 8.67. The lowest BCUT2D eigenvalue weighted by atomic mass is 9.86. The Morgan fingerprint density at radius 3 is 2.83 bits per heavy atom. The standard InChI is InChI=1S/C20H31NO3/c22-20(23)12-14-21-13-11-18-8-4-10-19(16-18)24-15-5-9-17-6-2-1-3-7-17/h4,8,10,16-17,21H,1-3,5-7,9,11-15H2,(H,22,23). The second-order valence-electron chi connectivity index (χ2n) is 6.79. The van der Waals surface area contributed by atoms with Gasteiger partial charge in [0.2, 0.25) is 0 Å². The van der Waals surface area contributed by atoms with Crippen LogP contribution in [-0.4, -0.2) is 30.8 Å². The molecule has 0 amide bonds. The number of ether oxygens (including phenoxy) is 1. The van der Waals surface area contributed by atoms with E-state index >= 15 is 0 Å². The first-order valence-corrected chi connectivity index (χ1v) is 9.38. The molecule has 4 nitrogen and oxygen atoms in total. The van der Waals surface area contributed by atoms with E-state index in [1.54, 1.807) is 0 Å². The number of aliphatic carboxylic acids is 1. The molecule has 134 valence electrons. The Morgan fingerprint density at radius 2 is 2.04 bits per heavy atom. The second kappa shape index (κ2) is 11.1. The van der Waals surface area contributed by atoms with Crippen molar-refractivity contribution in [2.24, 2.45) is 5.92 Å². The molecule has 0 aromatic heterocycles. The molecule has 0 atom stereocenters. The van der Waals surface area contributed by atoms with Crippen molar-refractivity contribution >= 4 is 5.97 Å². The van der Waals surface area contributed by atoms with Gasteiger partial charge in [-0.2, -0.15) is 0 Å². The highest BCUT2D eigenvalue weighted by Crippen LogP contribution is 2.27. The third kappa shape index (κ3) is 7.82. The number of nitrogens with one attached hydrogen (secondary N) is 1. The molecule has 1 fully saturated rings. The van der Waals surface area contributed by atoms with Crippen LogP contribution >= 0.6 is 0 Å². The van der Waals surface area contributed by atoms with Crippen molar-refractivity contribution in [2.45, 2.75) is 57.8 Å². The van der Waals surface area contributed by atoms with Crippen LogP contribution in [0.2, 0.25) is 0 Å². The van der Waals surface area contributed by atoms with E-state index in [1.807, 2.05) is 12.1 Å². The Hall–Kier alpha value is -1.55. The number of hydrogen-bond acceptors (Lipinski definition) is 3. The Labute approximate surface area is 145 Å². The molecule has 0 radical (unpaired) electrons. The number of carbonyl (C=O) groups is 1. The van der Waals surface area contributed by atoms with Crippen LogP contribution in [0.5, 0.6) is 5.75 Å². The highest BCUT2D eigenvalue weighted by Gasteiger charge is 2.12. The second-order valence-corrected chi connectivity index (χ2v) is 6.79. The lowest BCUT2D eigenvalue weighted by Crippen LogP contribution is -2.20. The summed E-state index contributed by atoms with van der Waals surface area (Å²) in [5.41, 5.74) is 1.22. The fourth-order valence-corrected chi connectivity index (χ4v) is 3.38. The van der Waals surface area contributed by atoms with Gasteiger partial charge in [-0.1, -0.05) is 44.2 Å². The van der Waals surface area contributed by atoms with Gasteiger partial charge in [-0.15, -0.1) is 0 Å². The van der Waals surface area contributed by atoms with Gasteiger partial charge >= 0.3 is 5.97 Å². The molecular formula is C20H31NO3. The summed E-state index contributed by atoms with van der Waals surface area (Å²) in [5.74, 6) is 1.11. The van der Waals surface area contributed by atoms with Crippen LogP contribution in [0.15, 0.2) is 24.3 Å². The van der Waals surface area contributed by atoms with Crippen molar-refractivity contribution in [3.8, 4) is 5.75 Å². The molecule has 1 aromatic carbocycles. The predicted molar refractivity (Wildman–Crippen MR) is 96.6 cm³/mol. The lowest BCUT2D eigenvalue weighted by molar-refractivity contribution is -0.136.